The van der Waals surface area contributed by atoms with Gasteiger partial charge in [-0.2, -0.15) is 0 Å². The number of nitrogens with one attached hydrogen (secondary N) is 2. The third-order valence-corrected chi connectivity index (χ3v) is 3.05. The summed E-state index contributed by atoms with van der Waals surface area (Å²) in [6, 6.07) is 4.03. The van der Waals surface area contributed by atoms with Crippen molar-refractivity contribution in [1.82, 2.24) is 10.6 Å². The van der Waals surface area contributed by atoms with E-state index in [-0.39, 0.29) is 5.92 Å². The highest BCUT2D eigenvalue weighted by Crippen LogP contribution is 2.17. The molecule has 1 unspecified atom stereocenters. The predicted octanol–water partition coefficient (Wildman–Crippen LogP) is 3.28. The molecule has 1 aromatic rings. The fraction of sp³-hybridized carbons (Fsp3) is 0.562. The highest BCUT2D eigenvalue weighted by atomic mass is 19.2. The van der Waals surface area contributed by atoms with Gasteiger partial charge in [0.15, 0.2) is 17.6 Å². The lowest BCUT2D eigenvalue weighted by Crippen LogP contribution is -2.39. The summed E-state index contributed by atoms with van der Waals surface area (Å²) >= 11 is 0. The van der Waals surface area contributed by atoms with E-state index >= 15 is 0 Å². The van der Waals surface area contributed by atoms with Crippen LogP contribution in [0.15, 0.2) is 23.2 Å². The van der Waals surface area contributed by atoms with Gasteiger partial charge in [-0.25, -0.2) is 8.78 Å². The van der Waals surface area contributed by atoms with Crippen LogP contribution in [0.5, 0.6) is 0 Å². The molecule has 0 fully saturated rings. The maximum atomic E-state index is 13.2. The lowest BCUT2D eigenvalue weighted by molar-refractivity contribution is 0.505. The Kier molecular flexibility index (Phi) is 7.12. The molecule has 5 heteroatoms. The molecule has 1 aromatic carbocycles. The van der Waals surface area contributed by atoms with Crippen molar-refractivity contribution in [2.75, 3.05) is 19.6 Å². The summed E-state index contributed by atoms with van der Waals surface area (Å²) in [7, 11) is 0. The number of aliphatic imine (C=N–C) groups is 1. The summed E-state index contributed by atoms with van der Waals surface area (Å²) in [5.74, 6) is -0.321. The smallest absolute Gasteiger partial charge is 0.191 e. The number of halogens is 2. The van der Waals surface area contributed by atoms with Gasteiger partial charge >= 0.3 is 0 Å². The van der Waals surface area contributed by atoms with E-state index in [2.05, 4.69) is 29.5 Å². The van der Waals surface area contributed by atoms with E-state index in [1.165, 1.54) is 12.1 Å². The van der Waals surface area contributed by atoms with E-state index in [4.69, 9.17) is 0 Å². The Morgan fingerprint density at radius 3 is 2.43 bits per heavy atom. The van der Waals surface area contributed by atoms with Gasteiger partial charge in [0.1, 0.15) is 0 Å². The standard InChI is InChI=1S/C16H25F2N3/c1-5-19-16(20-9-11(2)3)21-10-12(4)13-6-7-14(17)15(18)8-13/h6-8,11-12H,5,9-10H2,1-4H3,(H2,19,20,21). The zero-order valence-electron chi connectivity index (χ0n) is 13.2. The Morgan fingerprint density at radius 1 is 1.14 bits per heavy atom. The minimum atomic E-state index is -0.814. The second kappa shape index (κ2) is 8.60. The summed E-state index contributed by atoms with van der Waals surface area (Å²) in [6.07, 6.45) is 0. The minimum Gasteiger partial charge on any atom is -0.357 e. The highest BCUT2D eigenvalue weighted by Gasteiger charge is 2.10. The Morgan fingerprint density at radius 2 is 1.86 bits per heavy atom. The zero-order valence-corrected chi connectivity index (χ0v) is 13.2. The minimum absolute atomic E-state index is 0.0583. The van der Waals surface area contributed by atoms with Crippen molar-refractivity contribution in [2.45, 2.75) is 33.6 Å². The molecule has 0 aliphatic heterocycles. The predicted molar refractivity (Wildman–Crippen MR) is 83.6 cm³/mol. The fourth-order valence-electron chi connectivity index (χ4n) is 1.80. The van der Waals surface area contributed by atoms with Crippen molar-refractivity contribution >= 4 is 5.96 Å². The van der Waals surface area contributed by atoms with Gasteiger partial charge in [0.05, 0.1) is 0 Å². The first kappa shape index (κ1) is 17.4. The zero-order chi connectivity index (χ0) is 15.8. The van der Waals surface area contributed by atoms with Gasteiger partial charge in [0, 0.05) is 19.6 Å². The summed E-state index contributed by atoms with van der Waals surface area (Å²) < 4.78 is 26.2. The van der Waals surface area contributed by atoms with Gasteiger partial charge in [-0.1, -0.05) is 26.8 Å². The summed E-state index contributed by atoms with van der Waals surface area (Å²) in [5.41, 5.74) is 0.765. The summed E-state index contributed by atoms with van der Waals surface area (Å²) in [5, 5.41) is 6.40. The van der Waals surface area contributed by atoms with Crippen molar-refractivity contribution in [3.63, 3.8) is 0 Å². The Balaban J connectivity index is 2.61. The van der Waals surface area contributed by atoms with Crippen LogP contribution in [0, 0.1) is 17.6 Å². The average Bonchev–Trinajstić information content (AvgIpc) is 2.44. The number of nitrogens with zero attached hydrogens (tertiary/aromatic N) is 1. The third kappa shape index (κ3) is 6.10. The van der Waals surface area contributed by atoms with Crippen molar-refractivity contribution in [1.29, 1.82) is 0 Å². The third-order valence-electron chi connectivity index (χ3n) is 3.05. The van der Waals surface area contributed by atoms with Gasteiger partial charge in [-0.15, -0.1) is 0 Å². The van der Waals surface area contributed by atoms with E-state index in [1.807, 2.05) is 13.8 Å². The monoisotopic (exact) mass is 297 g/mol. The summed E-state index contributed by atoms with van der Waals surface area (Å²) in [4.78, 5) is 4.47. The van der Waals surface area contributed by atoms with Gasteiger partial charge in [-0.3, -0.25) is 4.99 Å². The SMILES string of the molecule is CCNC(=NCC(C)C)NCC(C)c1ccc(F)c(F)c1. The second-order valence-corrected chi connectivity index (χ2v) is 5.57. The molecule has 0 saturated carbocycles. The number of benzene rings is 1. The Hall–Kier alpha value is -1.65. The number of hydrogen-bond acceptors (Lipinski definition) is 1. The average molecular weight is 297 g/mol. The molecule has 0 bridgehead atoms. The molecule has 1 atom stereocenters. The van der Waals surface area contributed by atoms with Crippen LogP contribution >= 0.6 is 0 Å². The molecule has 0 heterocycles. The number of hydrogen-bond donors (Lipinski definition) is 2. The molecule has 3 nitrogen and oxygen atoms in total. The quantitative estimate of drug-likeness (QED) is 0.624. The van der Waals surface area contributed by atoms with E-state index in [1.54, 1.807) is 6.07 Å². The molecule has 0 spiro atoms. The van der Waals surface area contributed by atoms with Crippen LogP contribution in [-0.4, -0.2) is 25.6 Å². The van der Waals surface area contributed by atoms with Crippen LogP contribution < -0.4 is 10.6 Å². The second-order valence-electron chi connectivity index (χ2n) is 5.57. The fourth-order valence-corrected chi connectivity index (χ4v) is 1.80. The van der Waals surface area contributed by atoms with E-state index in [0.29, 0.717) is 12.5 Å². The molecule has 2 N–H and O–H groups in total. The van der Waals surface area contributed by atoms with Gasteiger partial charge < -0.3 is 10.6 Å². The molecular weight excluding hydrogens is 272 g/mol. The Bertz CT molecular complexity index is 473. The van der Waals surface area contributed by atoms with Crippen molar-refractivity contribution in [2.24, 2.45) is 10.9 Å². The molecule has 0 aromatic heterocycles. The lowest BCUT2D eigenvalue weighted by Gasteiger charge is -2.16. The molecule has 21 heavy (non-hydrogen) atoms. The molecule has 0 aliphatic rings. The molecule has 1 rings (SSSR count). The van der Waals surface area contributed by atoms with E-state index in [9.17, 15) is 8.78 Å². The summed E-state index contributed by atoms with van der Waals surface area (Å²) in [6.45, 7) is 10.3. The first-order chi connectivity index (χ1) is 9.93. The van der Waals surface area contributed by atoms with E-state index < -0.39 is 11.6 Å². The first-order valence-electron chi connectivity index (χ1n) is 7.41. The number of rotatable bonds is 6. The van der Waals surface area contributed by atoms with Crippen LogP contribution in [0.2, 0.25) is 0 Å². The normalized spacial score (nSPS) is 13.4. The van der Waals surface area contributed by atoms with Crippen LogP contribution in [0.25, 0.3) is 0 Å². The molecule has 0 aliphatic carbocycles. The number of guanidine groups is 1. The maximum Gasteiger partial charge on any atom is 0.191 e. The van der Waals surface area contributed by atoms with E-state index in [0.717, 1.165) is 24.6 Å². The molecule has 0 amide bonds. The van der Waals surface area contributed by atoms with Crippen LogP contribution in [0.1, 0.15) is 39.2 Å². The van der Waals surface area contributed by atoms with Crippen LogP contribution in [0.4, 0.5) is 8.78 Å². The van der Waals surface area contributed by atoms with Gasteiger partial charge in [0.25, 0.3) is 0 Å². The molecule has 0 radical (unpaired) electrons. The van der Waals surface area contributed by atoms with Crippen LogP contribution in [-0.2, 0) is 0 Å². The maximum absolute atomic E-state index is 13.2. The van der Waals surface area contributed by atoms with Crippen LogP contribution in [0.3, 0.4) is 0 Å². The van der Waals surface area contributed by atoms with Crippen molar-refractivity contribution < 1.29 is 8.78 Å². The molecular formula is C16H25F2N3. The highest BCUT2D eigenvalue weighted by molar-refractivity contribution is 5.79. The first-order valence-corrected chi connectivity index (χ1v) is 7.41. The van der Waals surface area contributed by atoms with Crippen molar-refractivity contribution in [3.8, 4) is 0 Å². The lowest BCUT2D eigenvalue weighted by atomic mass is 10.0. The molecule has 0 saturated heterocycles. The molecule has 118 valence electrons. The van der Waals surface area contributed by atoms with Crippen molar-refractivity contribution in [3.05, 3.63) is 35.4 Å². The van der Waals surface area contributed by atoms with Gasteiger partial charge in [0.2, 0.25) is 0 Å². The van der Waals surface area contributed by atoms with Gasteiger partial charge in [-0.05, 0) is 36.5 Å². The topological polar surface area (TPSA) is 36.4 Å². The largest absolute Gasteiger partial charge is 0.357 e. The Labute approximate surface area is 125 Å².